The number of pyridine rings is 1. The van der Waals surface area contributed by atoms with Crippen molar-refractivity contribution in [2.45, 2.75) is 32.4 Å². The van der Waals surface area contributed by atoms with Crippen LogP contribution >= 0.6 is 0 Å². The Hall–Kier alpha value is -1.82. The molecule has 0 spiro atoms. The lowest BCUT2D eigenvalue weighted by molar-refractivity contribution is -0.144. The highest BCUT2D eigenvalue weighted by Gasteiger charge is 2.27. The molecule has 17 heavy (non-hydrogen) atoms. The number of rotatable bonds is 4. The van der Waals surface area contributed by atoms with Crippen molar-refractivity contribution in [3.63, 3.8) is 0 Å². The van der Waals surface area contributed by atoms with Gasteiger partial charge >= 0.3 is 5.97 Å². The standard InChI is InChI=1S/C11H15NO5/c1-3-7-10(15)8(14)4-5-12(7)9(6(2)13)11(16)17/h4-6,9,13,15H,3H2,1-2H3,(H,16,17). The van der Waals surface area contributed by atoms with Crippen LogP contribution in [0.1, 0.15) is 25.6 Å². The maximum atomic E-state index is 11.2. The number of hydrogen-bond acceptors (Lipinski definition) is 4. The first-order chi connectivity index (χ1) is 7.90. The third-order valence-electron chi connectivity index (χ3n) is 2.55. The molecule has 1 aromatic rings. The summed E-state index contributed by atoms with van der Waals surface area (Å²) >= 11 is 0. The average molecular weight is 241 g/mol. The fraction of sp³-hybridized carbons (Fsp3) is 0.455. The summed E-state index contributed by atoms with van der Waals surface area (Å²) in [5.41, 5.74) is -0.362. The Kier molecular flexibility index (Phi) is 3.90. The molecule has 0 amide bonds. The van der Waals surface area contributed by atoms with Gasteiger partial charge in [0.15, 0.2) is 11.8 Å². The van der Waals surface area contributed by atoms with Gasteiger partial charge in [0.05, 0.1) is 11.8 Å². The molecular weight excluding hydrogens is 226 g/mol. The first kappa shape index (κ1) is 13.2. The van der Waals surface area contributed by atoms with Gasteiger partial charge in [0.2, 0.25) is 5.43 Å². The van der Waals surface area contributed by atoms with Crippen molar-refractivity contribution >= 4 is 5.97 Å². The molecule has 0 saturated heterocycles. The Balaban J connectivity index is 3.44. The van der Waals surface area contributed by atoms with E-state index in [4.69, 9.17) is 5.11 Å². The van der Waals surface area contributed by atoms with Gasteiger partial charge in [0.1, 0.15) is 0 Å². The molecule has 0 saturated carbocycles. The second-order valence-corrected chi connectivity index (χ2v) is 3.76. The van der Waals surface area contributed by atoms with Gasteiger partial charge in [0.25, 0.3) is 0 Å². The van der Waals surface area contributed by atoms with Crippen molar-refractivity contribution in [3.8, 4) is 5.75 Å². The van der Waals surface area contributed by atoms with Crippen LogP contribution in [0, 0.1) is 0 Å². The zero-order valence-corrected chi connectivity index (χ0v) is 9.62. The molecule has 0 bridgehead atoms. The van der Waals surface area contributed by atoms with E-state index in [0.717, 1.165) is 6.07 Å². The number of carbonyl (C=O) groups is 1. The number of nitrogens with zero attached hydrogens (tertiary/aromatic N) is 1. The van der Waals surface area contributed by atoms with Gasteiger partial charge in [-0.05, 0) is 13.3 Å². The summed E-state index contributed by atoms with van der Waals surface area (Å²) in [5.74, 6) is -1.69. The van der Waals surface area contributed by atoms with E-state index in [-0.39, 0.29) is 5.69 Å². The SMILES string of the molecule is CCc1c(O)c(=O)ccn1C(C(=O)O)C(C)O. The Morgan fingerprint density at radius 1 is 1.53 bits per heavy atom. The van der Waals surface area contributed by atoms with Crippen LogP contribution in [0.25, 0.3) is 0 Å². The number of aromatic hydroxyl groups is 1. The molecule has 0 aromatic carbocycles. The Morgan fingerprint density at radius 2 is 2.12 bits per heavy atom. The summed E-state index contributed by atoms with van der Waals surface area (Å²) in [5, 5.41) is 28.1. The van der Waals surface area contributed by atoms with Crippen molar-refractivity contribution in [1.82, 2.24) is 4.57 Å². The smallest absolute Gasteiger partial charge is 0.329 e. The second kappa shape index (κ2) is 5.01. The van der Waals surface area contributed by atoms with E-state index in [1.54, 1.807) is 6.92 Å². The predicted molar refractivity (Wildman–Crippen MR) is 60.1 cm³/mol. The van der Waals surface area contributed by atoms with Crippen LogP contribution in [-0.2, 0) is 11.2 Å². The molecule has 1 rings (SSSR count). The third kappa shape index (κ3) is 2.47. The predicted octanol–water partition coefficient (Wildman–Crippen LogP) is 0.123. The van der Waals surface area contributed by atoms with Crippen molar-refractivity contribution in [1.29, 1.82) is 0 Å². The lowest BCUT2D eigenvalue weighted by Gasteiger charge is -2.22. The molecule has 94 valence electrons. The minimum atomic E-state index is -1.23. The quantitative estimate of drug-likeness (QED) is 0.695. The van der Waals surface area contributed by atoms with Crippen LogP contribution in [-0.4, -0.2) is 32.0 Å². The lowest BCUT2D eigenvalue weighted by atomic mass is 10.1. The molecule has 2 unspecified atom stereocenters. The van der Waals surface area contributed by atoms with Crippen LogP contribution < -0.4 is 5.43 Å². The number of carboxylic acids is 1. The van der Waals surface area contributed by atoms with Crippen molar-refractivity contribution in [2.24, 2.45) is 0 Å². The highest BCUT2D eigenvalue weighted by atomic mass is 16.4. The van der Waals surface area contributed by atoms with Crippen molar-refractivity contribution in [3.05, 3.63) is 28.2 Å². The van der Waals surface area contributed by atoms with E-state index in [1.807, 2.05) is 0 Å². The highest BCUT2D eigenvalue weighted by Crippen LogP contribution is 2.20. The fourth-order valence-corrected chi connectivity index (χ4v) is 1.75. The molecule has 0 aliphatic carbocycles. The molecule has 1 aromatic heterocycles. The zero-order chi connectivity index (χ0) is 13.2. The minimum absolute atomic E-state index is 0.200. The Labute approximate surface area is 97.8 Å². The van der Waals surface area contributed by atoms with Gasteiger partial charge in [-0.2, -0.15) is 0 Å². The Bertz CT molecular complexity index is 477. The van der Waals surface area contributed by atoms with E-state index in [2.05, 4.69) is 0 Å². The van der Waals surface area contributed by atoms with Gasteiger partial charge in [-0.15, -0.1) is 0 Å². The van der Waals surface area contributed by atoms with Crippen molar-refractivity contribution in [2.75, 3.05) is 0 Å². The van der Waals surface area contributed by atoms with Gasteiger partial charge in [-0.1, -0.05) is 6.92 Å². The van der Waals surface area contributed by atoms with Crippen LogP contribution in [0.2, 0.25) is 0 Å². The minimum Gasteiger partial charge on any atom is -0.503 e. The van der Waals surface area contributed by atoms with E-state index in [1.165, 1.54) is 17.7 Å². The summed E-state index contributed by atoms with van der Waals surface area (Å²) in [6, 6.07) is -0.149. The van der Waals surface area contributed by atoms with Crippen molar-refractivity contribution < 1.29 is 20.1 Å². The van der Waals surface area contributed by atoms with E-state index >= 15 is 0 Å². The van der Waals surface area contributed by atoms with E-state index in [9.17, 15) is 19.8 Å². The maximum Gasteiger partial charge on any atom is 0.329 e. The number of aliphatic hydroxyl groups excluding tert-OH is 1. The monoisotopic (exact) mass is 241 g/mol. The van der Waals surface area contributed by atoms with Gasteiger partial charge < -0.3 is 19.9 Å². The largest absolute Gasteiger partial charge is 0.503 e. The molecule has 0 aliphatic heterocycles. The summed E-state index contributed by atoms with van der Waals surface area (Å²) in [4.78, 5) is 22.3. The van der Waals surface area contributed by atoms with Gasteiger partial charge in [-0.25, -0.2) is 4.79 Å². The summed E-state index contributed by atoms with van der Waals surface area (Å²) in [7, 11) is 0. The van der Waals surface area contributed by atoms with Gasteiger partial charge in [0, 0.05) is 12.3 Å². The van der Waals surface area contributed by atoms with Crippen LogP contribution in [0.4, 0.5) is 0 Å². The molecule has 6 nitrogen and oxygen atoms in total. The first-order valence-electron chi connectivity index (χ1n) is 5.24. The first-order valence-corrected chi connectivity index (χ1v) is 5.24. The van der Waals surface area contributed by atoms with Crippen LogP contribution in [0.15, 0.2) is 17.1 Å². The highest BCUT2D eigenvalue weighted by molar-refractivity contribution is 5.72. The Morgan fingerprint density at radius 3 is 2.53 bits per heavy atom. The van der Waals surface area contributed by atoms with Crippen LogP contribution in [0.3, 0.4) is 0 Å². The van der Waals surface area contributed by atoms with E-state index < -0.39 is 29.3 Å². The molecule has 2 atom stereocenters. The topological polar surface area (TPSA) is 99.8 Å². The number of carboxylic acid groups (broad SMARTS) is 1. The number of aromatic nitrogens is 1. The fourth-order valence-electron chi connectivity index (χ4n) is 1.75. The second-order valence-electron chi connectivity index (χ2n) is 3.76. The molecule has 0 fully saturated rings. The normalized spacial score (nSPS) is 14.3. The molecule has 6 heteroatoms. The molecule has 3 N–H and O–H groups in total. The molecule has 1 heterocycles. The number of aliphatic carboxylic acids is 1. The number of hydrogen-bond donors (Lipinski definition) is 3. The molecule has 0 radical (unpaired) electrons. The summed E-state index contributed by atoms with van der Waals surface area (Å²) in [6.45, 7) is 3.03. The summed E-state index contributed by atoms with van der Waals surface area (Å²) < 4.78 is 1.21. The van der Waals surface area contributed by atoms with E-state index in [0.29, 0.717) is 6.42 Å². The zero-order valence-electron chi connectivity index (χ0n) is 9.62. The average Bonchev–Trinajstić information content (AvgIpc) is 2.23. The summed E-state index contributed by atoms with van der Waals surface area (Å²) in [6.07, 6.45) is 0.421. The lowest BCUT2D eigenvalue weighted by Crippen LogP contribution is -2.31. The van der Waals surface area contributed by atoms with Gasteiger partial charge in [-0.3, -0.25) is 4.79 Å². The maximum absolute atomic E-state index is 11.2. The van der Waals surface area contributed by atoms with Crippen LogP contribution in [0.5, 0.6) is 5.75 Å². The number of aliphatic hydroxyl groups is 1. The molecular formula is C11H15NO5. The third-order valence-corrected chi connectivity index (χ3v) is 2.55. The molecule has 0 aliphatic rings.